The molecule has 17 heavy (non-hydrogen) atoms. The number of benzene rings is 1. The van der Waals surface area contributed by atoms with Crippen molar-refractivity contribution in [3.05, 3.63) is 34.1 Å². The largest absolute Gasteiger partial charge is 0.320 e. The predicted octanol–water partition coefficient (Wildman–Crippen LogP) is 2.55. The van der Waals surface area contributed by atoms with Crippen LogP contribution >= 0.6 is 11.6 Å². The highest BCUT2D eigenvalue weighted by atomic mass is 35.5. The minimum absolute atomic E-state index is 0.0783. The SMILES string of the molecule is CC(CCl)C(=O)Nc1cc(F)ccc1[N+](=O)[O-]. The fourth-order valence-electron chi connectivity index (χ4n) is 1.09. The molecular formula is C10H10ClFN2O3. The van der Waals surface area contributed by atoms with Gasteiger partial charge in [0.05, 0.1) is 4.92 Å². The van der Waals surface area contributed by atoms with Gasteiger partial charge in [-0.05, 0) is 6.07 Å². The summed E-state index contributed by atoms with van der Waals surface area (Å²) in [5.41, 5.74) is -0.529. The van der Waals surface area contributed by atoms with Gasteiger partial charge < -0.3 is 5.32 Å². The summed E-state index contributed by atoms with van der Waals surface area (Å²) in [5.74, 6) is -1.59. The van der Waals surface area contributed by atoms with Gasteiger partial charge in [-0.25, -0.2) is 4.39 Å². The second kappa shape index (κ2) is 5.58. The molecule has 0 saturated heterocycles. The number of nitro groups is 1. The molecule has 0 fully saturated rings. The lowest BCUT2D eigenvalue weighted by Gasteiger charge is -2.09. The van der Waals surface area contributed by atoms with Gasteiger partial charge in [-0.1, -0.05) is 6.92 Å². The second-order valence-electron chi connectivity index (χ2n) is 3.46. The average molecular weight is 261 g/mol. The van der Waals surface area contributed by atoms with Crippen molar-refractivity contribution in [2.75, 3.05) is 11.2 Å². The Morgan fingerprint density at radius 3 is 2.82 bits per heavy atom. The van der Waals surface area contributed by atoms with Crippen molar-refractivity contribution >= 4 is 28.9 Å². The maximum Gasteiger partial charge on any atom is 0.292 e. The molecule has 5 nitrogen and oxygen atoms in total. The number of anilines is 1. The zero-order valence-electron chi connectivity index (χ0n) is 8.94. The minimum atomic E-state index is -0.694. The van der Waals surface area contributed by atoms with Crippen LogP contribution in [0.15, 0.2) is 18.2 Å². The molecule has 0 spiro atoms. The zero-order chi connectivity index (χ0) is 13.0. The van der Waals surface area contributed by atoms with Crippen LogP contribution in [-0.4, -0.2) is 16.7 Å². The molecule has 7 heteroatoms. The number of carbonyl (C=O) groups excluding carboxylic acids is 1. The number of carbonyl (C=O) groups is 1. The lowest BCUT2D eigenvalue weighted by molar-refractivity contribution is -0.384. The molecule has 1 unspecified atom stereocenters. The van der Waals surface area contributed by atoms with E-state index < -0.39 is 22.6 Å². The molecule has 0 bridgehead atoms. The van der Waals surface area contributed by atoms with Crippen LogP contribution in [0, 0.1) is 21.8 Å². The molecule has 1 atom stereocenters. The number of nitrogens with one attached hydrogen (secondary N) is 1. The topological polar surface area (TPSA) is 72.2 Å². The van der Waals surface area contributed by atoms with Gasteiger partial charge in [0.25, 0.3) is 5.69 Å². The van der Waals surface area contributed by atoms with E-state index in [1.54, 1.807) is 6.92 Å². The Kier molecular flexibility index (Phi) is 4.39. The van der Waals surface area contributed by atoms with Crippen LogP contribution in [0.1, 0.15) is 6.92 Å². The number of nitro benzene ring substituents is 1. The van der Waals surface area contributed by atoms with Crippen LogP contribution in [-0.2, 0) is 4.79 Å². The third-order valence-corrected chi connectivity index (χ3v) is 2.56. The Balaban J connectivity index is 3.00. The van der Waals surface area contributed by atoms with Crippen LogP contribution in [0.3, 0.4) is 0 Å². The summed E-state index contributed by atoms with van der Waals surface area (Å²) in [5, 5.41) is 12.9. The molecular weight excluding hydrogens is 251 g/mol. The molecule has 0 aliphatic carbocycles. The van der Waals surface area contributed by atoms with E-state index in [0.29, 0.717) is 0 Å². The molecule has 1 amide bonds. The minimum Gasteiger partial charge on any atom is -0.320 e. The van der Waals surface area contributed by atoms with Gasteiger partial charge in [-0.15, -0.1) is 11.6 Å². The Labute approximate surface area is 102 Å². The molecule has 0 aliphatic heterocycles. The van der Waals surface area contributed by atoms with E-state index in [2.05, 4.69) is 5.32 Å². The van der Waals surface area contributed by atoms with Gasteiger partial charge >= 0.3 is 0 Å². The van der Waals surface area contributed by atoms with E-state index in [0.717, 1.165) is 18.2 Å². The molecule has 0 radical (unpaired) electrons. The zero-order valence-corrected chi connectivity index (χ0v) is 9.70. The summed E-state index contributed by atoms with van der Waals surface area (Å²) in [6.07, 6.45) is 0. The van der Waals surface area contributed by atoms with Gasteiger partial charge in [0.1, 0.15) is 11.5 Å². The van der Waals surface area contributed by atoms with E-state index in [9.17, 15) is 19.3 Å². The molecule has 0 aliphatic rings. The molecule has 1 N–H and O–H groups in total. The third kappa shape index (κ3) is 3.39. The summed E-state index contributed by atoms with van der Waals surface area (Å²) in [6, 6.07) is 2.85. The Morgan fingerprint density at radius 1 is 1.65 bits per heavy atom. The van der Waals surface area contributed by atoms with Crippen molar-refractivity contribution in [1.29, 1.82) is 0 Å². The van der Waals surface area contributed by atoms with Crippen molar-refractivity contribution in [2.24, 2.45) is 5.92 Å². The highest BCUT2D eigenvalue weighted by molar-refractivity contribution is 6.19. The second-order valence-corrected chi connectivity index (χ2v) is 3.77. The van der Waals surface area contributed by atoms with Crippen LogP contribution in [0.5, 0.6) is 0 Å². The van der Waals surface area contributed by atoms with Crippen molar-refractivity contribution < 1.29 is 14.1 Å². The fourth-order valence-corrected chi connectivity index (χ4v) is 1.23. The van der Waals surface area contributed by atoms with Crippen LogP contribution in [0.25, 0.3) is 0 Å². The summed E-state index contributed by atoms with van der Waals surface area (Å²) in [7, 11) is 0. The van der Waals surface area contributed by atoms with Gasteiger partial charge in [0.2, 0.25) is 5.91 Å². The molecule has 1 rings (SSSR count). The molecule has 0 saturated carbocycles. The van der Waals surface area contributed by atoms with Gasteiger partial charge in [0.15, 0.2) is 0 Å². The standard InChI is InChI=1S/C10H10ClFN2O3/c1-6(5-11)10(15)13-8-4-7(12)2-3-9(8)14(16)17/h2-4,6H,5H2,1H3,(H,13,15). The molecule has 0 heterocycles. The molecule has 1 aromatic carbocycles. The third-order valence-electron chi connectivity index (χ3n) is 2.09. The molecule has 0 aromatic heterocycles. The lowest BCUT2D eigenvalue weighted by atomic mass is 10.2. The summed E-state index contributed by atoms with van der Waals surface area (Å²) < 4.78 is 12.9. The predicted molar refractivity (Wildman–Crippen MR) is 61.6 cm³/mol. The number of rotatable bonds is 4. The van der Waals surface area contributed by atoms with E-state index >= 15 is 0 Å². The number of halogens is 2. The number of hydrogen-bond acceptors (Lipinski definition) is 3. The highest BCUT2D eigenvalue weighted by Gasteiger charge is 2.19. The quantitative estimate of drug-likeness (QED) is 0.514. The van der Waals surface area contributed by atoms with Gasteiger partial charge in [-0.3, -0.25) is 14.9 Å². The number of amides is 1. The van der Waals surface area contributed by atoms with Crippen LogP contribution in [0.4, 0.5) is 15.8 Å². The Bertz CT molecular complexity index is 453. The van der Waals surface area contributed by atoms with Crippen LogP contribution in [0.2, 0.25) is 0 Å². The normalized spacial score (nSPS) is 11.9. The van der Waals surface area contributed by atoms with E-state index in [1.165, 1.54) is 0 Å². The Hall–Kier alpha value is -1.69. The smallest absolute Gasteiger partial charge is 0.292 e. The highest BCUT2D eigenvalue weighted by Crippen LogP contribution is 2.25. The van der Waals surface area contributed by atoms with Crippen LogP contribution < -0.4 is 5.32 Å². The fraction of sp³-hybridized carbons (Fsp3) is 0.300. The van der Waals surface area contributed by atoms with E-state index in [1.807, 2.05) is 0 Å². The maximum absolute atomic E-state index is 12.9. The van der Waals surface area contributed by atoms with Crippen molar-refractivity contribution in [2.45, 2.75) is 6.92 Å². The first kappa shape index (κ1) is 13.4. The van der Waals surface area contributed by atoms with Gasteiger partial charge in [0, 0.05) is 23.9 Å². The van der Waals surface area contributed by atoms with Crippen molar-refractivity contribution in [1.82, 2.24) is 0 Å². The monoisotopic (exact) mass is 260 g/mol. The number of alkyl halides is 1. The summed E-state index contributed by atoms with van der Waals surface area (Å²) >= 11 is 5.48. The number of hydrogen-bond donors (Lipinski definition) is 1. The van der Waals surface area contributed by atoms with E-state index in [-0.39, 0.29) is 17.3 Å². The maximum atomic E-state index is 12.9. The average Bonchev–Trinajstić information content (AvgIpc) is 2.27. The van der Waals surface area contributed by atoms with E-state index in [4.69, 9.17) is 11.6 Å². The van der Waals surface area contributed by atoms with Gasteiger partial charge in [-0.2, -0.15) is 0 Å². The first-order valence-electron chi connectivity index (χ1n) is 4.76. The molecule has 92 valence electrons. The van der Waals surface area contributed by atoms with Crippen molar-refractivity contribution in [3.8, 4) is 0 Å². The molecule has 1 aromatic rings. The van der Waals surface area contributed by atoms with Crippen molar-refractivity contribution in [3.63, 3.8) is 0 Å². The summed E-state index contributed by atoms with van der Waals surface area (Å²) in [6.45, 7) is 1.56. The first-order chi connectivity index (χ1) is 7.95. The number of nitrogens with zero attached hydrogens (tertiary/aromatic N) is 1. The lowest BCUT2D eigenvalue weighted by Crippen LogP contribution is -2.22. The Morgan fingerprint density at radius 2 is 2.29 bits per heavy atom. The summed E-state index contributed by atoms with van der Waals surface area (Å²) in [4.78, 5) is 21.5. The first-order valence-corrected chi connectivity index (χ1v) is 5.30.